The summed E-state index contributed by atoms with van der Waals surface area (Å²) in [6.45, 7) is 2.61. The van der Waals surface area contributed by atoms with Crippen molar-refractivity contribution in [2.24, 2.45) is 0 Å². The molecule has 0 radical (unpaired) electrons. The molecule has 0 spiro atoms. The van der Waals surface area contributed by atoms with Gasteiger partial charge in [0.1, 0.15) is 5.75 Å². The lowest BCUT2D eigenvalue weighted by Gasteiger charge is -2.20. The number of halogens is 1. The average molecular weight is 461 g/mol. The van der Waals surface area contributed by atoms with Gasteiger partial charge in [0.2, 0.25) is 5.91 Å². The van der Waals surface area contributed by atoms with E-state index in [4.69, 9.17) is 14.2 Å². The highest BCUT2D eigenvalue weighted by Crippen LogP contribution is 2.32. The summed E-state index contributed by atoms with van der Waals surface area (Å²) >= 11 is 0. The fourth-order valence-electron chi connectivity index (χ4n) is 3.70. The van der Waals surface area contributed by atoms with Crippen LogP contribution in [0.4, 0.5) is 0 Å². The maximum Gasteiger partial charge on any atom is 0.230 e. The Hall–Kier alpha value is -2.70. The van der Waals surface area contributed by atoms with Gasteiger partial charge in [-0.05, 0) is 73.5 Å². The number of ether oxygens (including phenoxy) is 3. The molecule has 1 aliphatic rings. The number of hydrogen-bond acceptors (Lipinski definition) is 5. The van der Waals surface area contributed by atoms with Crippen molar-refractivity contribution in [1.82, 2.24) is 9.80 Å². The Morgan fingerprint density at radius 1 is 0.969 bits per heavy atom. The Kier molecular flexibility index (Phi) is 9.88. The molecule has 0 atom stereocenters. The molecule has 6 nitrogen and oxygen atoms in total. The van der Waals surface area contributed by atoms with Crippen molar-refractivity contribution in [3.05, 3.63) is 59.3 Å². The van der Waals surface area contributed by atoms with Crippen molar-refractivity contribution in [2.75, 3.05) is 48.0 Å². The monoisotopic (exact) mass is 460 g/mol. The zero-order valence-corrected chi connectivity index (χ0v) is 20.1. The van der Waals surface area contributed by atoms with Gasteiger partial charge in [-0.15, -0.1) is 12.4 Å². The molecular formula is C25H33ClN2O4. The second-order valence-electron chi connectivity index (χ2n) is 7.74. The molecule has 3 rings (SSSR count). The molecule has 0 unspecified atom stereocenters. The second-order valence-corrected chi connectivity index (χ2v) is 7.74. The Bertz CT molecular complexity index is 915. The Morgan fingerprint density at radius 3 is 2.31 bits per heavy atom. The van der Waals surface area contributed by atoms with E-state index in [1.54, 1.807) is 21.3 Å². The van der Waals surface area contributed by atoms with Crippen molar-refractivity contribution in [3.63, 3.8) is 0 Å². The lowest BCUT2D eigenvalue weighted by atomic mass is 10.0. The van der Waals surface area contributed by atoms with Gasteiger partial charge < -0.3 is 24.0 Å². The van der Waals surface area contributed by atoms with E-state index in [9.17, 15) is 4.79 Å². The van der Waals surface area contributed by atoms with Crippen LogP contribution in [-0.2, 0) is 17.6 Å². The minimum atomic E-state index is 0. The van der Waals surface area contributed by atoms with Crippen LogP contribution >= 0.6 is 12.4 Å². The number of carbonyl (C=O) groups excluding carboxylic acids is 1. The van der Waals surface area contributed by atoms with Gasteiger partial charge in [-0.3, -0.25) is 4.79 Å². The lowest BCUT2D eigenvalue weighted by molar-refractivity contribution is -0.127. The third kappa shape index (κ3) is 6.65. The summed E-state index contributed by atoms with van der Waals surface area (Å²) in [6, 6.07) is 12.0. The second kappa shape index (κ2) is 12.4. The van der Waals surface area contributed by atoms with Crippen LogP contribution in [0.15, 0.2) is 42.6 Å². The normalized spacial score (nSPS) is 12.8. The molecule has 1 heterocycles. The van der Waals surface area contributed by atoms with E-state index in [1.807, 2.05) is 41.4 Å². The minimum Gasteiger partial charge on any atom is -0.497 e. The third-order valence-corrected chi connectivity index (χ3v) is 5.62. The molecule has 0 bridgehead atoms. The van der Waals surface area contributed by atoms with E-state index in [2.05, 4.69) is 24.1 Å². The van der Waals surface area contributed by atoms with E-state index in [1.165, 1.54) is 5.56 Å². The van der Waals surface area contributed by atoms with E-state index in [0.29, 0.717) is 24.5 Å². The van der Waals surface area contributed by atoms with Crippen LogP contribution in [0, 0.1) is 0 Å². The van der Waals surface area contributed by atoms with Crippen molar-refractivity contribution in [1.29, 1.82) is 0 Å². The van der Waals surface area contributed by atoms with E-state index >= 15 is 0 Å². The molecule has 32 heavy (non-hydrogen) atoms. The number of carbonyl (C=O) groups is 1. The fraction of sp³-hybridized carbons (Fsp3) is 0.400. The molecule has 1 aliphatic heterocycles. The quantitative estimate of drug-likeness (QED) is 0.535. The van der Waals surface area contributed by atoms with Crippen LogP contribution in [0.25, 0.3) is 6.08 Å². The lowest BCUT2D eigenvalue weighted by Crippen LogP contribution is -2.30. The van der Waals surface area contributed by atoms with Gasteiger partial charge in [0.05, 0.1) is 27.8 Å². The maximum absolute atomic E-state index is 12.7. The van der Waals surface area contributed by atoms with Crippen LogP contribution in [0.3, 0.4) is 0 Å². The number of rotatable bonds is 10. The summed E-state index contributed by atoms with van der Waals surface area (Å²) < 4.78 is 16.0. The molecule has 0 N–H and O–H groups in total. The largest absolute Gasteiger partial charge is 0.497 e. The van der Waals surface area contributed by atoms with Crippen LogP contribution in [0.1, 0.15) is 23.1 Å². The molecule has 0 saturated heterocycles. The first-order valence-electron chi connectivity index (χ1n) is 10.6. The molecule has 174 valence electrons. The van der Waals surface area contributed by atoms with Crippen LogP contribution < -0.4 is 14.2 Å². The van der Waals surface area contributed by atoms with Gasteiger partial charge in [-0.1, -0.05) is 12.1 Å². The number of likely N-dealkylation sites (N-methyl/N-ethyl adjacent to an activating group) is 1. The first-order valence-corrected chi connectivity index (χ1v) is 10.6. The Morgan fingerprint density at radius 2 is 1.66 bits per heavy atom. The van der Waals surface area contributed by atoms with Gasteiger partial charge in [0.25, 0.3) is 0 Å². The Labute approximate surface area is 197 Å². The summed E-state index contributed by atoms with van der Waals surface area (Å²) in [7, 11) is 7.03. The van der Waals surface area contributed by atoms with Gasteiger partial charge in [-0.2, -0.15) is 0 Å². The smallest absolute Gasteiger partial charge is 0.230 e. The molecule has 7 heteroatoms. The van der Waals surface area contributed by atoms with Crippen LogP contribution in [0.2, 0.25) is 0 Å². The molecule has 0 aromatic heterocycles. The first kappa shape index (κ1) is 25.6. The van der Waals surface area contributed by atoms with Gasteiger partial charge in [0, 0.05) is 19.3 Å². The zero-order chi connectivity index (χ0) is 22.2. The molecule has 0 fully saturated rings. The van der Waals surface area contributed by atoms with E-state index in [-0.39, 0.29) is 18.3 Å². The summed E-state index contributed by atoms with van der Waals surface area (Å²) in [4.78, 5) is 16.9. The number of amides is 1. The third-order valence-electron chi connectivity index (χ3n) is 5.62. The SMILES string of the molecule is COc1ccc(CCN(C)CCCN2C=Cc3cc(OC)c(OC)cc3CC2=O)cc1.Cl. The minimum absolute atomic E-state index is 0. The maximum atomic E-state index is 12.7. The number of benzene rings is 2. The van der Waals surface area contributed by atoms with Crippen molar-refractivity contribution >= 4 is 24.4 Å². The predicted molar refractivity (Wildman–Crippen MR) is 130 cm³/mol. The highest BCUT2D eigenvalue weighted by atomic mass is 35.5. The Balaban J connectivity index is 0.00000363. The van der Waals surface area contributed by atoms with Crippen molar-refractivity contribution < 1.29 is 19.0 Å². The molecule has 0 aliphatic carbocycles. The summed E-state index contributed by atoms with van der Waals surface area (Å²) in [5.74, 6) is 2.30. The number of methoxy groups -OCH3 is 3. The van der Waals surface area contributed by atoms with E-state index < -0.39 is 0 Å². The summed E-state index contributed by atoms with van der Waals surface area (Å²) in [5.41, 5.74) is 3.24. The average Bonchev–Trinajstić information content (AvgIpc) is 2.94. The van der Waals surface area contributed by atoms with Gasteiger partial charge >= 0.3 is 0 Å². The van der Waals surface area contributed by atoms with Crippen LogP contribution in [-0.4, -0.2) is 63.7 Å². The molecule has 2 aromatic carbocycles. The highest BCUT2D eigenvalue weighted by Gasteiger charge is 2.19. The first-order chi connectivity index (χ1) is 15.0. The van der Waals surface area contributed by atoms with Gasteiger partial charge in [0.15, 0.2) is 11.5 Å². The molecular weight excluding hydrogens is 428 g/mol. The molecule has 1 amide bonds. The summed E-state index contributed by atoms with van der Waals surface area (Å²) in [6.07, 6.45) is 6.13. The highest BCUT2D eigenvalue weighted by molar-refractivity contribution is 5.85. The van der Waals surface area contributed by atoms with E-state index in [0.717, 1.165) is 42.8 Å². The number of nitrogens with zero attached hydrogens (tertiary/aromatic N) is 2. The topological polar surface area (TPSA) is 51.2 Å². The molecule has 2 aromatic rings. The summed E-state index contributed by atoms with van der Waals surface area (Å²) in [5, 5.41) is 0. The molecule has 0 saturated carbocycles. The fourth-order valence-corrected chi connectivity index (χ4v) is 3.70. The predicted octanol–water partition coefficient (Wildman–Crippen LogP) is 4.05. The number of hydrogen-bond donors (Lipinski definition) is 0. The van der Waals surface area contributed by atoms with Gasteiger partial charge in [-0.25, -0.2) is 0 Å². The van der Waals surface area contributed by atoms with Crippen molar-refractivity contribution in [2.45, 2.75) is 19.3 Å². The zero-order valence-electron chi connectivity index (χ0n) is 19.3. The van der Waals surface area contributed by atoms with Crippen LogP contribution in [0.5, 0.6) is 17.2 Å². The van der Waals surface area contributed by atoms with Crippen molar-refractivity contribution in [3.8, 4) is 17.2 Å². The number of fused-ring (bicyclic) bond motifs is 1. The standard InChI is InChI=1S/C25H32N2O4.ClH/c1-26(14-10-19-6-8-22(29-2)9-7-19)12-5-13-27-15-11-20-16-23(30-3)24(31-4)17-21(20)18-25(27)28;/h6-9,11,15-17H,5,10,12-14,18H2,1-4H3;1H.